The number of amides is 2. The van der Waals surface area contributed by atoms with Gasteiger partial charge in [-0.05, 0) is 19.8 Å². The van der Waals surface area contributed by atoms with Crippen molar-refractivity contribution < 1.29 is 9.90 Å². The van der Waals surface area contributed by atoms with E-state index in [1.165, 1.54) is 5.01 Å². The van der Waals surface area contributed by atoms with E-state index < -0.39 is 0 Å². The van der Waals surface area contributed by atoms with Crippen LogP contribution in [0.4, 0.5) is 4.79 Å². The molecule has 5 nitrogen and oxygen atoms in total. The predicted molar refractivity (Wildman–Crippen MR) is 48.8 cm³/mol. The predicted octanol–water partition coefficient (Wildman–Crippen LogP) is -0.241. The summed E-state index contributed by atoms with van der Waals surface area (Å²) in [5.74, 6) is 5.45. The lowest BCUT2D eigenvalue weighted by molar-refractivity contribution is 0.115. The van der Waals surface area contributed by atoms with Gasteiger partial charge in [0.2, 0.25) is 0 Å². The molecule has 1 unspecified atom stereocenters. The van der Waals surface area contributed by atoms with Gasteiger partial charge in [-0.15, -0.1) is 0 Å². The third-order valence-electron chi connectivity index (χ3n) is 2.16. The van der Waals surface area contributed by atoms with Crippen LogP contribution in [0.5, 0.6) is 0 Å². The van der Waals surface area contributed by atoms with Gasteiger partial charge in [0.25, 0.3) is 0 Å². The molecule has 1 rings (SSSR count). The van der Waals surface area contributed by atoms with Gasteiger partial charge >= 0.3 is 6.03 Å². The topological polar surface area (TPSA) is 69.8 Å². The molecule has 0 bridgehead atoms. The summed E-state index contributed by atoms with van der Waals surface area (Å²) in [7, 11) is 0. The van der Waals surface area contributed by atoms with Crippen LogP contribution in [0.15, 0.2) is 0 Å². The maximum absolute atomic E-state index is 11.4. The molecule has 1 aliphatic heterocycles. The van der Waals surface area contributed by atoms with E-state index in [0.717, 1.165) is 13.0 Å². The Morgan fingerprint density at radius 3 is 2.92 bits per heavy atom. The molecule has 1 saturated heterocycles. The molecule has 0 aromatic rings. The van der Waals surface area contributed by atoms with Crippen molar-refractivity contribution >= 4 is 6.03 Å². The third kappa shape index (κ3) is 2.86. The Morgan fingerprint density at radius 2 is 2.31 bits per heavy atom. The Balaban J connectivity index is 2.35. The van der Waals surface area contributed by atoms with Gasteiger partial charge in [0.05, 0.1) is 6.10 Å². The second-order valence-electron chi connectivity index (χ2n) is 3.45. The third-order valence-corrected chi connectivity index (χ3v) is 2.16. The molecule has 1 atom stereocenters. The zero-order valence-corrected chi connectivity index (χ0v) is 7.94. The van der Waals surface area contributed by atoms with Gasteiger partial charge in [-0.1, -0.05) is 0 Å². The average Bonchev–Trinajstić information content (AvgIpc) is 2.07. The van der Waals surface area contributed by atoms with Crippen LogP contribution in [-0.2, 0) is 0 Å². The first-order chi connectivity index (χ1) is 6.11. The van der Waals surface area contributed by atoms with Crippen molar-refractivity contribution in [3.05, 3.63) is 0 Å². The summed E-state index contributed by atoms with van der Waals surface area (Å²) < 4.78 is 0. The van der Waals surface area contributed by atoms with Crippen molar-refractivity contribution in [2.24, 2.45) is 5.84 Å². The molecule has 0 saturated carbocycles. The summed E-state index contributed by atoms with van der Waals surface area (Å²) in [6, 6.07) is -0.132. The number of nitrogens with two attached hydrogens (primary N) is 1. The van der Waals surface area contributed by atoms with Crippen molar-refractivity contribution in [3.63, 3.8) is 0 Å². The Labute approximate surface area is 78.1 Å². The number of hydrazine groups is 1. The van der Waals surface area contributed by atoms with Crippen molar-refractivity contribution in [1.82, 2.24) is 9.91 Å². The number of carbonyl (C=O) groups excluding carboxylic acids is 1. The standard InChI is InChI=1S/C8H17N3O2/c1-7(12)3-6-10-4-2-5-11(9)8(10)13/h7,12H,2-6,9H2,1H3. The number of nitrogens with zero attached hydrogens (tertiary/aromatic N) is 2. The number of aliphatic hydroxyl groups is 1. The summed E-state index contributed by atoms with van der Waals surface area (Å²) in [6.45, 7) is 3.68. The SMILES string of the molecule is CC(O)CCN1CCCN(N)C1=O. The Bertz CT molecular complexity index is 184. The Hall–Kier alpha value is -0.810. The molecule has 0 aromatic carbocycles. The molecule has 1 heterocycles. The second kappa shape index (κ2) is 4.43. The number of aliphatic hydroxyl groups excluding tert-OH is 1. The first-order valence-corrected chi connectivity index (χ1v) is 4.60. The van der Waals surface area contributed by atoms with Crippen LogP contribution in [0.2, 0.25) is 0 Å². The monoisotopic (exact) mass is 187 g/mol. The molecule has 0 spiro atoms. The second-order valence-corrected chi connectivity index (χ2v) is 3.45. The van der Waals surface area contributed by atoms with Crippen LogP contribution in [0.1, 0.15) is 19.8 Å². The number of carbonyl (C=O) groups is 1. The molecule has 13 heavy (non-hydrogen) atoms. The lowest BCUT2D eigenvalue weighted by Gasteiger charge is -2.32. The molecule has 76 valence electrons. The maximum atomic E-state index is 11.4. The van der Waals surface area contributed by atoms with Crippen LogP contribution in [0.25, 0.3) is 0 Å². The lowest BCUT2D eigenvalue weighted by atomic mass is 10.2. The summed E-state index contributed by atoms with van der Waals surface area (Å²) in [5.41, 5.74) is 0. The van der Waals surface area contributed by atoms with Gasteiger partial charge < -0.3 is 10.0 Å². The normalized spacial score (nSPS) is 20.7. The van der Waals surface area contributed by atoms with Crippen LogP contribution >= 0.6 is 0 Å². The molecule has 3 N–H and O–H groups in total. The van der Waals surface area contributed by atoms with E-state index >= 15 is 0 Å². The first-order valence-electron chi connectivity index (χ1n) is 4.60. The highest BCUT2D eigenvalue weighted by Crippen LogP contribution is 2.06. The fourth-order valence-corrected chi connectivity index (χ4v) is 1.35. The van der Waals surface area contributed by atoms with E-state index in [4.69, 9.17) is 10.9 Å². The minimum absolute atomic E-state index is 0.132. The van der Waals surface area contributed by atoms with E-state index in [1.54, 1.807) is 11.8 Å². The molecule has 0 radical (unpaired) electrons. The van der Waals surface area contributed by atoms with Crippen molar-refractivity contribution in [3.8, 4) is 0 Å². The summed E-state index contributed by atoms with van der Waals surface area (Å²) in [6.07, 6.45) is 1.16. The van der Waals surface area contributed by atoms with E-state index in [2.05, 4.69) is 0 Å². The van der Waals surface area contributed by atoms with Crippen LogP contribution in [-0.4, -0.2) is 46.8 Å². The fourth-order valence-electron chi connectivity index (χ4n) is 1.35. The fraction of sp³-hybridized carbons (Fsp3) is 0.875. The van der Waals surface area contributed by atoms with Gasteiger partial charge in [0, 0.05) is 19.6 Å². The number of hydrogen-bond donors (Lipinski definition) is 2. The maximum Gasteiger partial charge on any atom is 0.334 e. The minimum atomic E-state index is -0.360. The highest BCUT2D eigenvalue weighted by Gasteiger charge is 2.22. The molecule has 1 aliphatic rings. The molecule has 5 heteroatoms. The smallest absolute Gasteiger partial charge is 0.334 e. The van der Waals surface area contributed by atoms with Gasteiger partial charge in [0.15, 0.2) is 0 Å². The average molecular weight is 187 g/mol. The van der Waals surface area contributed by atoms with Gasteiger partial charge in [-0.25, -0.2) is 10.6 Å². The summed E-state index contributed by atoms with van der Waals surface area (Å²) in [4.78, 5) is 13.1. The molecular weight excluding hydrogens is 170 g/mol. The minimum Gasteiger partial charge on any atom is -0.393 e. The summed E-state index contributed by atoms with van der Waals surface area (Å²) in [5, 5.41) is 10.3. The first kappa shape index (κ1) is 10.3. The highest BCUT2D eigenvalue weighted by molar-refractivity contribution is 5.74. The van der Waals surface area contributed by atoms with Gasteiger partial charge in [0.1, 0.15) is 0 Å². The van der Waals surface area contributed by atoms with Gasteiger partial charge in [-0.2, -0.15) is 0 Å². The van der Waals surface area contributed by atoms with Crippen molar-refractivity contribution in [1.29, 1.82) is 0 Å². The summed E-state index contributed by atoms with van der Waals surface area (Å²) >= 11 is 0. The molecule has 0 aromatic heterocycles. The zero-order chi connectivity index (χ0) is 9.84. The van der Waals surface area contributed by atoms with Crippen LogP contribution in [0, 0.1) is 0 Å². The highest BCUT2D eigenvalue weighted by atomic mass is 16.3. The molecule has 1 fully saturated rings. The largest absolute Gasteiger partial charge is 0.393 e. The van der Waals surface area contributed by atoms with E-state index in [1.807, 2.05) is 0 Å². The van der Waals surface area contributed by atoms with Crippen molar-refractivity contribution in [2.45, 2.75) is 25.9 Å². The van der Waals surface area contributed by atoms with E-state index in [0.29, 0.717) is 19.5 Å². The Kier molecular flexibility index (Phi) is 3.50. The number of hydrogen-bond acceptors (Lipinski definition) is 3. The number of rotatable bonds is 3. The molecular formula is C8H17N3O2. The van der Waals surface area contributed by atoms with Crippen molar-refractivity contribution in [2.75, 3.05) is 19.6 Å². The van der Waals surface area contributed by atoms with Crippen LogP contribution in [0.3, 0.4) is 0 Å². The number of urea groups is 1. The molecule has 0 aliphatic carbocycles. The van der Waals surface area contributed by atoms with Gasteiger partial charge in [-0.3, -0.25) is 5.01 Å². The molecule has 2 amide bonds. The van der Waals surface area contributed by atoms with E-state index in [-0.39, 0.29) is 12.1 Å². The van der Waals surface area contributed by atoms with Crippen LogP contribution < -0.4 is 5.84 Å². The quantitative estimate of drug-likeness (QED) is 0.473. The lowest BCUT2D eigenvalue weighted by Crippen LogP contribution is -2.52. The van der Waals surface area contributed by atoms with E-state index in [9.17, 15) is 4.79 Å². The Morgan fingerprint density at radius 1 is 1.62 bits per heavy atom. The zero-order valence-electron chi connectivity index (χ0n) is 7.94.